The van der Waals surface area contributed by atoms with E-state index >= 15 is 0 Å². The molecule has 2 aromatic rings. The lowest BCUT2D eigenvalue weighted by molar-refractivity contribution is 0.411. The predicted octanol–water partition coefficient (Wildman–Crippen LogP) is 1.64. The number of benzene rings is 1. The van der Waals surface area contributed by atoms with Crippen molar-refractivity contribution in [3.63, 3.8) is 0 Å². The van der Waals surface area contributed by atoms with Crippen molar-refractivity contribution in [3.05, 3.63) is 35.5 Å². The Labute approximate surface area is 99.0 Å². The highest BCUT2D eigenvalue weighted by atomic mass is 16.5. The third kappa shape index (κ3) is 1.81. The van der Waals surface area contributed by atoms with Crippen LogP contribution in [0.25, 0.3) is 5.69 Å². The average Bonchev–Trinajstić information content (AvgIpc) is 2.70. The number of nitrogens with zero attached hydrogens (tertiary/aromatic N) is 3. The highest BCUT2D eigenvalue weighted by Gasteiger charge is 2.12. The predicted molar refractivity (Wildman–Crippen MR) is 64.0 cm³/mol. The van der Waals surface area contributed by atoms with Crippen molar-refractivity contribution in [1.29, 1.82) is 5.26 Å². The minimum absolute atomic E-state index is 0.314. The summed E-state index contributed by atoms with van der Waals surface area (Å²) in [7, 11) is 1.59. The highest BCUT2D eigenvalue weighted by Crippen LogP contribution is 2.26. The van der Waals surface area contributed by atoms with Crippen LogP contribution in [0.1, 0.15) is 11.1 Å². The van der Waals surface area contributed by atoms with Gasteiger partial charge in [-0.25, -0.2) is 4.68 Å². The number of rotatable bonds is 2. The van der Waals surface area contributed by atoms with Gasteiger partial charge in [-0.3, -0.25) is 0 Å². The van der Waals surface area contributed by atoms with Crippen LogP contribution in [0.5, 0.6) is 5.75 Å². The number of methoxy groups -OCH3 is 1. The fraction of sp³-hybridized carbons (Fsp3) is 0.167. The van der Waals surface area contributed by atoms with Gasteiger partial charge in [0.2, 0.25) is 0 Å². The maximum atomic E-state index is 8.83. The Kier molecular flexibility index (Phi) is 2.71. The number of aryl methyl sites for hydroxylation is 1. The summed E-state index contributed by atoms with van der Waals surface area (Å²) in [5.74, 6) is 0.985. The van der Waals surface area contributed by atoms with E-state index in [2.05, 4.69) is 5.10 Å². The minimum Gasteiger partial charge on any atom is -0.494 e. The van der Waals surface area contributed by atoms with Crippen LogP contribution in [0, 0.1) is 18.3 Å². The van der Waals surface area contributed by atoms with E-state index in [0.717, 1.165) is 11.3 Å². The molecule has 0 spiro atoms. The van der Waals surface area contributed by atoms with E-state index in [1.54, 1.807) is 7.11 Å². The molecule has 0 saturated carbocycles. The molecule has 1 aromatic heterocycles. The summed E-state index contributed by atoms with van der Waals surface area (Å²) in [6.07, 6.45) is 1.44. The van der Waals surface area contributed by atoms with E-state index in [4.69, 9.17) is 15.7 Å². The van der Waals surface area contributed by atoms with Crippen LogP contribution >= 0.6 is 0 Å². The zero-order chi connectivity index (χ0) is 12.4. The standard InChI is InChI=1S/C12H12N4O/c1-8-3-4-10(11(5-8)17-2)16-12(14)9(6-13)7-15-16/h3-5,7H,14H2,1-2H3. The summed E-state index contributed by atoms with van der Waals surface area (Å²) >= 11 is 0. The number of nitrogen functional groups attached to an aromatic ring is 1. The molecule has 0 amide bonds. The average molecular weight is 228 g/mol. The molecule has 2 N–H and O–H groups in total. The van der Waals surface area contributed by atoms with Crippen molar-refractivity contribution in [2.24, 2.45) is 0 Å². The zero-order valence-electron chi connectivity index (χ0n) is 9.64. The Balaban J connectivity index is 2.61. The number of hydrogen-bond acceptors (Lipinski definition) is 4. The highest BCUT2D eigenvalue weighted by molar-refractivity contribution is 5.57. The monoisotopic (exact) mass is 228 g/mol. The molecule has 86 valence electrons. The molecule has 5 nitrogen and oxygen atoms in total. The number of hydrogen-bond donors (Lipinski definition) is 1. The molecule has 0 radical (unpaired) electrons. The van der Waals surface area contributed by atoms with Crippen molar-refractivity contribution in [1.82, 2.24) is 9.78 Å². The molecule has 0 fully saturated rings. The van der Waals surface area contributed by atoms with E-state index in [0.29, 0.717) is 17.1 Å². The SMILES string of the molecule is COc1cc(C)ccc1-n1ncc(C#N)c1N. The van der Waals surface area contributed by atoms with Crippen LogP contribution in [0.3, 0.4) is 0 Å². The molecule has 0 atom stereocenters. The van der Waals surface area contributed by atoms with Crippen molar-refractivity contribution in [2.45, 2.75) is 6.92 Å². The molecule has 2 rings (SSSR count). The normalized spacial score (nSPS) is 9.94. The molecule has 5 heteroatoms. The maximum absolute atomic E-state index is 8.83. The van der Waals surface area contributed by atoms with Crippen molar-refractivity contribution in [3.8, 4) is 17.5 Å². The van der Waals surface area contributed by atoms with E-state index in [-0.39, 0.29) is 0 Å². The third-order valence-corrected chi connectivity index (χ3v) is 2.49. The van der Waals surface area contributed by atoms with Crippen molar-refractivity contribution in [2.75, 3.05) is 12.8 Å². The fourth-order valence-corrected chi connectivity index (χ4v) is 1.60. The summed E-state index contributed by atoms with van der Waals surface area (Å²) in [6.45, 7) is 1.97. The molecule has 1 heterocycles. The van der Waals surface area contributed by atoms with Gasteiger partial charge in [-0.05, 0) is 24.6 Å². The third-order valence-electron chi connectivity index (χ3n) is 2.49. The van der Waals surface area contributed by atoms with Gasteiger partial charge < -0.3 is 10.5 Å². The number of aromatic nitrogens is 2. The van der Waals surface area contributed by atoms with Gasteiger partial charge in [-0.15, -0.1) is 0 Å². The Bertz CT molecular complexity index is 595. The summed E-state index contributed by atoms with van der Waals surface area (Å²) in [4.78, 5) is 0. The van der Waals surface area contributed by atoms with Gasteiger partial charge in [-0.2, -0.15) is 10.4 Å². The van der Waals surface area contributed by atoms with Gasteiger partial charge in [-0.1, -0.05) is 6.07 Å². The molecule has 0 aliphatic carbocycles. The van der Waals surface area contributed by atoms with Gasteiger partial charge in [0.25, 0.3) is 0 Å². The van der Waals surface area contributed by atoms with Gasteiger partial charge in [0, 0.05) is 0 Å². The molecule has 0 saturated heterocycles. The van der Waals surface area contributed by atoms with E-state index in [1.807, 2.05) is 31.2 Å². The zero-order valence-corrected chi connectivity index (χ0v) is 9.64. The van der Waals surface area contributed by atoms with Crippen LogP contribution in [0.2, 0.25) is 0 Å². The van der Waals surface area contributed by atoms with Crippen LogP contribution in [0.4, 0.5) is 5.82 Å². The lowest BCUT2D eigenvalue weighted by atomic mass is 10.2. The van der Waals surface area contributed by atoms with Gasteiger partial charge >= 0.3 is 0 Å². The first kappa shape index (κ1) is 11.0. The molecule has 0 aliphatic rings. The van der Waals surface area contributed by atoms with Crippen LogP contribution in [-0.4, -0.2) is 16.9 Å². The van der Waals surface area contributed by atoms with Gasteiger partial charge in [0.05, 0.1) is 13.3 Å². The number of nitrogens with two attached hydrogens (primary N) is 1. The first-order valence-electron chi connectivity index (χ1n) is 5.06. The summed E-state index contributed by atoms with van der Waals surface area (Å²) < 4.78 is 6.78. The van der Waals surface area contributed by atoms with Gasteiger partial charge in [0.1, 0.15) is 28.9 Å². The Hall–Kier alpha value is -2.48. The summed E-state index contributed by atoms with van der Waals surface area (Å²) in [5, 5.41) is 12.9. The second-order valence-corrected chi connectivity index (χ2v) is 3.64. The van der Waals surface area contributed by atoms with E-state index < -0.39 is 0 Å². The minimum atomic E-state index is 0.314. The topological polar surface area (TPSA) is 76.9 Å². The van der Waals surface area contributed by atoms with Crippen LogP contribution < -0.4 is 10.5 Å². The van der Waals surface area contributed by atoms with E-state index in [9.17, 15) is 0 Å². The second kappa shape index (κ2) is 4.18. The lowest BCUT2D eigenvalue weighted by Crippen LogP contribution is -2.04. The number of anilines is 1. The molecule has 0 aliphatic heterocycles. The maximum Gasteiger partial charge on any atom is 0.145 e. The second-order valence-electron chi connectivity index (χ2n) is 3.64. The van der Waals surface area contributed by atoms with Crippen molar-refractivity contribution < 1.29 is 4.74 Å². The molecule has 1 aromatic carbocycles. The van der Waals surface area contributed by atoms with Gasteiger partial charge in [0.15, 0.2) is 0 Å². The molecular weight excluding hydrogens is 216 g/mol. The lowest BCUT2D eigenvalue weighted by Gasteiger charge is -2.10. The molecular formula is C12H12N4O. The summed E-state index contributed by atoms with van der Waals surface area (Å²) in [5.41, 5.74) is 7.98. The first-order chi connectivity index (χ1) is 8.17. The molecule has 17 heavy (non-hydrogen) atoms. The van der Waals surface area contributed by atoms with E-state index in [1.165, 1.54) is 10.9 Å². The Morgan fingerprint density at radius 2 is 2.24 bits per heavy atom. The number of ether oxygens (including phenoxy) is 1. The molecule has 0 unspecified atom stereocenters. The van der Waals surface area contributed by atoms with Crippen LogP contribution in [-0.2, 0) is 0 Å². The van der Waals surface area contributed by atoms with Crippen LogP contribution in [0.15, 0.2) is 24.4 Å². The Morgan fingerprint density at radius 1 is 1.47 bits per heavy atom. The summed E-state index contributed by atoms with van der Waals surface area (Å²) in [6, 6.07) is 7.67. The quantitative estimate of drug-likeness (QED) is 0.847. The first-order valence-corrected chi connectivity index (χ1v) is 5.06. The van der Waals surface area contributed by atoms with Crippen molar-refractivity contribution >= 4 is 5.82 Å². The molecule has 0 bridgehead atoms. The number of nitriles is 1. The smallest absolute Gasteiger partial charge is 0.145 e. The Morgan fingerprint density at radius 3 is 2.82 bits per heavy atom. The fourth-order valence-electron chi connectivity index (χ4n) is 1.60. The largest absolute Gasteiger partial charge is 0.494 e.